The minimum Gasteiger partial charge on any atom is -0.391 e. The highest BCUT2D eigenvalue weighted by atomic mass is 35.5. The van der Waals surface area contributed by atoms with Crippen molar-refractivity contribution in [2.24, 2.45) is 0 Å². The van der Waals surface area contributed by atoms with Crippen LogP contribution in [-0.2, 0) is 0 Å². The van der Waals surface area contributed by atoms with Gasteiger partial charge >= 0.3 is 0 Å². The summed E-state index contributed by atoms with van der Waals surface area (Å²) in [5.41, 5.74) is -0.0730. The summed E-state index contributed by atoms with van der Waals surface area (Å²) in [6.07, 6.45) is 0.870. The zero-order chi connectivity index (χ0) is 13.3. The summed E-state index contributed by atoms with van der Waals surface area (Å²) >= 11 is 5.66. The summed E-state index contributed by atoms with van der Waals surface area (Å²) in [6.45, 7) is 0.878. The number of nitrogens with zero attached hydrogens (tertiary/aromatic N) is 2. The third-order valence-corrected chi connectivity index (χ3v) is 3.24. The SMILES string of the molecule is O=[N+]([O-])c1cc(F)c(Cl)cc1N1CCC[C@H](O)C1. The fraction of sp³-hybridized carbons (Fsp3) is 0.455. The van der Waals surface area contributed by atoms with E-state index in [1.165, 1.54) is 6.07 Å². The molecule has 0 aliphatic carbocycles. The van der Waals surface area contributed by atoms with Crippen LogP contribution in [-0.4, -0.2) is 29.2 Å². The van der Waals surface area contributed by atoms with Crippen molar-refractivity contribution in [3.8, 4) is 0 Å². The number of nitro groups is 1. The van der Waals surface area contributed by atoms with Crippen molar-refractivity contribution in [3.05, 3.63) is 33.1 Å². The van der Waals surface area contributed by atoms with E-state index in [-0.39, 0.29) is 16.4 Å². The Hall–Kier alpha value is -1.40. The van der Waals surface area contributed by atoms with E-state index in [1.807, 2.05) is 0 Å². The Bertz CT molecular complexity index is 484. The Labute approximate surface area is 108 Å². The van der Waals surface area contributed by atoms with Crippen LogP contribution in [0.15, 0.2) is 12.1 Å². The number of halogens is 2. The molecule has 0 spiro atoms. The molecular formula is C11H12ClFN2O3. The number of β-amino-alcohol motifs (C(OH)–C–C–N with tert-alkyl or cyclic N) is 1. The molecule has 0 unspecified atom stereocenters. The Balaban J connectivity index is 2.41. The molecule has 1 aromatic rings. The first kappa shape index (κ1) is 13.0. The predicted molar refractivity (Wildman–Crippen MR) is 65.5 cm³/mol. The van der Waals surface area contributed by atoms with Gasteiger partial charge in [-0.05, 0) is 18.9 Å². The molecule has 0 radical (unpaired) electrons. The number of benzene rings is 1. The molecule has 1 aliphatic rings. The Kier molecular flexibility index (Phi) is 3.68. The number of rotatable bonds is 2. The number of nitro benzene ring substituents is 1. The van der Waals surface area contributed by atoms with Crippen molar-refractivity contribution in [1.82, 2.24) is 0 Å². The monoisotopic (exact) mass is 274 g/mol. The van der Waals surface area contributed by atoms with Gasteiger partial charge in [0, 0.05) is 13.1 Å². The fourth-order valence-corrected chi connectivity index (χ4v) is 2.26. The first-order valence-corrected chi connectivity index (χ1v) is 5.93. The van der Waals surface area contributed by atoms with E-state index in [9.17, 15) is 19.6 Å². The zero-order valence-corrected chi connectivity index (χ0v) is 10.2. The zero-order valence-electron chi connectivity index (χ0n) is 9.47. The molecule has 0 amide bonds. The van der Waals surface area contributed by atoms with E-state index in [2.05, 4.69) is 0 Å². The van der Waals surface area contributed by atoms with Crippen LogP contribution in [0.3, 0.4) is 0 Å². The van der Waals surface area contributed by atoms with Gasteiger partial charge in [-0.2, -0.15) is 0 Å². The van der Waals surface area contributed by atoms with E-state index in [0.29, 0.717) is 19.5 Å². The van der Waals surface area contributed by atoms with Gasteiger partial charge in [0.1, 0.15) is 11.5 Å². The van der Waals surface area contributed by atoms with Crippen LogP contribution in [0.4, 0.5) is 15.8 Å². The standard InChI is InChI=1S/C11H12ClFN2O3/c12-8-4-10(11(15(17)18)5-9(8)13)14-3-1-2-7(16)6-14/h4-5,7,16H,1-3,6H2/t7-/m0/s1. The molecule has 18 heavy (non-hydrogen) atoms. The minimum atomic E-state index is -0.815. The quantitative estimate of drug-likeness (QED) is 0.664. The molecule has 0 aromatic heterocycles. The average molecular weight is 275 g/mol. The van der Waals surface area contributed by atoms with Crippen LogP contribution in [0.1, 0.15) is 12.8 Å². The van der Waals surface area contributed by atoms with E-state index >= 15 is 0 Å². The van der Waals surface area contributed by atoms with Gasteiger partial charge < -0.3 is 10.0 Å². The van der Waals surface area contributed by atoms with Crippen molar-refractivity contribution >= 4 is 23.0 Å². The summed E-state index contributed by atoms with van der Waals surface area (Å²) in [7, 11) is 0. The van der Waals surface area contributed by atoms with Crippen molar-refractivity contribution in [2.75, 3.05) is 18.0 Å². The fourth-order valence-electron chi connectivity index (χ4n) is 2.10. The lowest BCUT2D eigenvalue weighted by molar-refractivity contribution is -0.384. The highest BCUT2D eigenvalue weighted by Crippen LogP contribution is 2.34. The van der Waals surface area contributed by atoms with E-state index in [0.717, 1.165) is 12.5 Å². The van der Waals surface area contributed by atoms with Crippen LogP contribution >= 0.6 is 11.6 Å². The van der Waals surface area contributed by atoms with Crippen LogP contribution in [0, 0.1) is 15.9 Å². The first-order chi connectivity index (χ1) is 8.49. The van der Waals surface area contributed by atoms with Crippen molar-refractivity contribution in [1.29, 1.82) is 0 Å². The number of anilines is 1. The molecular weight excluding hydrogens is 263 g/mol. The summed E-state index contributed by atoms with van der Waals surface area (Å²) in [6, 6.07) is 2.06. The topological polar surface area (TPSA) is 66.6 Å². The van der Waals surface area contributed by atoms with E-state index < -0.39 is 16.8 Å². The van der Waals surface area contributed by atoms with Gasteiger partial charge in [0.05, 0.1) is 22.1 Å². The second-order valence-corrected chi connectivity index (χ2v) is 4.66. The second kappa shape index (κ2) is 5.07. The molecule has 1 saturated heterocycles. The number of piperidine rings is 1. The predicted octanol–water partition coefficient (Wildman–Crippen LogP) is 2.35. The molecule has 7 heteroatoms. The molecule has 98 valence electrons. The van der Waals surface area contributed by atoms with Crippen molar-refractivity contribution < 1.29 is 14.4 Å². The highest BCUT2D eigenvalue weighted by molar-refractivity contribution is 6.31. The number of aliphatic hydroxyl groups is 1. The lowest BCUT2D eigenvalue weighted by atomic mass is 10.1. The highest BCUT2D eigenvalue weighted by Gasteiger charge is 2.26. The molecule has 1 N–H and O–H groups in total. The number of hydrogen-bond acceptors (Lipinski definition) is 4. The van der Waals surface area contributed by atoms with Crippen LogP contribution in [0.5, 0.6) is 0 Å². The van der Waals surface area contributed by atoms with E-state index in [4.69, 9.17) is 11.6 Å². The van der Waals surface area contributed by atoms with Gasteiger partial charge in [0.15, 0.2) is 0 Å². The third-order valence-electron chi connectivity index (χ3n) is 2.95. The Morgan fingerprint density at radius 2 is 2.28 bits per heavy atom. The van der Waals surface area contributed by atoms with Gasteiger partial charge in [-0.3, -0.25) is 10.1 Å². The molecule has 1 fully saturated rings. The van der Waals surface area contributed by atoms with E-state index in [1.54, 1.807) is 4.90 Å². The smallest absolute Gasteiger partial charge is 0.295 e. The molecule has 1 aliphatic heterocycles. The lowest BCUT2D eigenvalue weighted by Gasteiger charge is -2.31. The molecule has 1 atom stereocenters. The Morgan fingerprint density at radius 1 is 1.56 bits per heavy atom. The summed E-state index contributed by atoms with van der Waals surface area (Å²) in [5.74, 6) is -0.815. The molecule has 1 heterocycles. The maximum atomic E-state index is 13.3. The maximum Gasteiger partial charge on any atom is 0.295 e. The second-order valence-electron chi connectivity index (χ2n) is 4.25. The van der Waals surface area contributed by atoms with Gasteiger partial charge in [-0.25, -0.2) is 4.39 Å². The maximum absolute atomic E-state index is 13.3. The van der Waals surface area contributed by atoms with Crippen molar-refractivity contribution in [3.63, 3.8) is 0 Å². The van der Waals surface area contributed by atoms with Crippen LogP contribution in [0.25, 0.3) is 0 Å². The van der Waals surface area contributed by atoms with Crippen LogP contribution < -0.4 is 4.90 Å². The minimum absolute atomic E-state index is 0.157. The first-order valence-electron chi connectivity index (χ1n) is 5.55. The molecule has 0 bridgehead atoms. The largest absolute Gasteiger partial charge is 0.391 e. The number of hydrogen-bond donors (Lipinski definition) is 1. The van der Waals surface area contributed by atoms with Gasteiger partial charge in [-0.15, -0.1) is 0 Å². The Morgan fingerprint density at radius 3 is 2.89 bits per heavy atom. The normalized spacial score (nSPS) is 19.9. The van der Waals surface area contributed by atoms with Gasteiger partial charge in [0.2, 0.25) is 0 Å². The summed E-state index contributed by atoms with van der Waals surface area (Å²) < 4.78 is 13.3. The van der Waals surface area contributed by atoms with Crippen LogP contribution in [0.2, 0.25) is 5.02 Å². The van der Waals surface area contributed by atoms with Gasteiger partial charge in [-0.1, -0.05) is 11.6 Å². The number of aliphatic hydroxyl groups excluding tert-OH is 1. The third kappa shape index (κ3) is 2.54. The summed E-state index contributed by atoms with van der Waals surface area (Å²) in [5, 5.41) is 20.3. The van der Waals surface area contributed by atoms with Crippen molar-refractivity contribution in [2.45, 2.75) is 18.9 Å². The molecule has 2 rings (SSSR count). The average Bonchev–Trinajstić information content (AvgIpc) is 2.31. The molecule has 1 aromatic carbocycles. The summed E-state index contributed by atoms with van der Waals surface area (Å²) in [4.78, 5) is 11.9. The molecule has 5 nitrogen and oxygen atoms in total. The van der Waals surface area contributed by atoms with Gasteiger partial charge in [0.25, 0.3) is 5.69 Å². The molecule has 0 saturated carbocycles. The lowest BCUT2D eigenvalue weighted by Crippen LogP contribution is -2.38.